The average molecular weight is 514 g/mol. The Hall–Kier alpha value is -4.10. The third-order valence-electron chi connectivity index (χ3n) is 5.99. The summed E-state index contributed by atoms with van der Waals surface area (Å²) in [6, 6.07) is 25.5. The number of nitrogens with zero attached hydrogens (tertiary/aromatic N) is 1. The summed E-state index contributed by atoms with van der Waals surface area (Å²) in [6.07, 6.45) is 1.69. The number of rotatable bonds is 8. The smallest absolute Gasteiger partial charge is 0.293 e. The van der Waals surface area contributed by atoms with E-state index < -0.39 is 0 Å². The second-order valence-electron chi connectivity index (χ2n) is 8.58. The first kappa shape index (κ1) is 24.6. The lowest BCUT2D eigenvalue weighted by Gasteiger charge is -2.14. The van der Waals surface area contributed by atoms with Crippen molar-refractivity contribution in [1.82, 2.24) is 4.90 Å². The highest BCUT2D eigenvalue weighted by Crippen LogP contribution is 2.37. The summed E-state index contributed by atoms with van der Waals surface area (Å²) in [4.78, 5) is 27.3. The number of imide groups is 1. The molecule has 0 unspecified atom stereocenters. The molecule has 0 N–H and O–H groups in total. The molecule has 37 heavy (non-hydrogen) atoms. The minimum Gasteiger partial charge on any atom is -0.492 e. The van der Waals surface area contributed by atoms with Gasteiger partial charge in [-0.05, 0) is 65.4 Å². The highest BCUT2D eigenvalue weighted by atomic mass is 32.2. The number of aryl methyl sites for hydroxylation is 1. The Morgan fingerprint density at radius 1 is 0.919 bits per heavy atom. The Morgan fingerprint density at radius 2 is 1.73 bits per heavy atom. The van der Waals surface area contributed by atoms with E-state index in [0.717, 1.165) is 28.1 Å². The van der Waals surface area contributed by atoms with Crippen LogP contribution in [0.15, 0.2) is 89.8 Å². The first-order valence-electron chi connectivity index (χ1n) is 11.8. The topological polar surface area (TPSA) is 55.8 Å². The highest BCUT2D eigenvalue weighted by Gasteiger charge is 2.35. The van der Waals surface area contributed by atoms with Crippen molar-refractivity contribution in [3.8, 4) is 11.5 Å². The number of carbonyl (C=O) groups excluding carboxylic acids is 2. The summed E-state index contributed by atoms with van der Waals surface area (Å²) in [5.41, 5.74) is 2.15. The zero-order valence-corrected chi connectivity index (χ0v) is 21.0. The first-order valence-corrected chi connectivity index (χ1v) is 12.6. The van der Waals surface area contributed by atoms with Gasteiger partial charge in [0.25, 0.3) is 11.1 Å². The van der Waals surface area contributed by atoms with E-state index in [4.69, 9.17) is 9.47 Å². The molecule has 0 bridgehead atoms. The Bertz CT molecular complexity index is 1520. The number of benzene rings is 4. The fourth-order valence-electron chi connectivity index (χ4n) is 4.11. The minimum atomic E-state index is -0.379. The fourth-order valence-corrected chi connectivity index (χ4v) is 4.95. The molecule has 4 aromatic carbocycles. The predicted molar refractivity (Wildman–Crippen MR) is 144 cm³/mol. The van der Waals surface area contributed by atoms with Gasteiger partial charge in [-0.3, -0.25) is 14.5 Å². The van der Waals surface area contributed by atoms with Crippen LogP contribution in [0.5, 0.6) is 11.5 Å². The zero-order chi connectivity index (χ0) is 25.8. The van der Waals surface area contributed by atoms with Crippen molar-refractivity contribution in [2.45, 2.75) is 13.5 Å². The molecule has 0 radical (unpaired) electrons. The largest absolute Gasteiger partial charge is 0.492 e. The molecule has 2 amide bonds. The van der Waals surface area contributed by atoms with E-state index in [9.17, 15) is 14.0 Å². The van der Waals surface area contributed by atoms with Crippen molar-refractivity contribution < 1.29 is 23.5 Å². The molecule has 7 heteroatoms. The standard InChI is InChI=1S/C30H24FNO4S/c1-20-7-6-10-23(17-20)35-16-15-32-29(33)28(37-30(32)34)18-25-24-11-4-2-8-21(24)13-14-27(25)36-19-22-9-3-5-12-26(22)31/h2-14,17-18H,15-16,19H2,1H3/b28-18-. The quantitative estimate of drug-likeness (QED) is 0.238. The maximum absolute atomic E-state index is 14.1. The van der Waals surface area contributed by atoms with E-state index in [1.165, 1.54) is 11.0 Å². The lowest BCUT2D eigenvalue weighted by atomic mass is 10.0. The van der Waals surface area contributed by atoms with Crippen LogP contribution in [-0.4, -0.2) is 29.2 Å². The number of fused-ring (bicyclic) bond motifs is 1. The van der Waals surface area contributed by atoms with Crippen molar-refractivity contribution in [2.75, 3.05) is 13.2 Å². The van der Waals surface area contributed by atoms with E-state index >= 15 is 0 Å². The van der Waals surface area contributed by atoms with Gasteiger partial charge in [0.1, 0.15) is 30.5 Å². The molecule has 0 aliphatic carbocycles. The number of hydrogen-bond donors (Lipinski definition) is 0. The lowest BCUT2D eigenvalue weighted by Crippen LogP contribution is -2.32. The van der Waals surface area contributed by atoms with E-state index in [1.54, 1.807) is 30.3 Å². The summed E-state index contributed by atoms with van der Waals surface area (Å²) in [5.74, 6) is 0.459. The lowest BCUT2D eigenvalue weighted by molar-refractivity contribution is -0.123. The fraction of sp³-hybridized carbons (Fsp3) is 0.133. The van der Waals surface area contributed by atoms with Crippen LogP contribution in [0.1, 0.15) is 16.7 Å². The maximum atomic E-state index is 14.1. The Balaban J connectivity index is 1.38. The van der Waals surface area contributed by atoms with Crippen molar-refractivity contribution in [2.24, 2.45) is 0 Å². The van der Waals surface area contributed by atoms with Crippen LogP contribution in [0.2, 0.25) is 0 Å². The van der Waals surface area contributed by atoms with Gasteiger partial charge in [0.05, 0.1) is 11.4 Å². The van der Waals surface area contributed by atoms with Crippen molar-refractivity contribution in [3.63, 3.8) is 0 Å². The summed E-state index contributed by atoms with van der Waals surface area (Å²) in [7, 11) is 0. The number of thioether (sulfide) groups is 1. The number of hydrogen-bond acceptors (Lipinski definition) is 5. The summed E-state index contributed by atoms with van der Waals surface area (Å²) in [5, 5.41) is 1.47. The van der Waals surface area contributed by atoms with Gasteiger partial charge in [-0.1, -0.05) is 60.7 Å². The van der Waals surface area contributed by atoms with Crippen LogP contribution in [0.25, 0.3) is 16.8 Å². The molecule has 0 spiro atoms. The Kier molecular flexibility index (Phi) is 7.23. The average Bonchev–Trinajstić information content (AvgIpc) is 3.16. The molecule has 5 nitrogen and oxygen atoms in total. The minimum absolute atomic E-state index is 0.0314. The van der Waals surface area contributed by atoms with E-state index in [-0.39, 0.29) is 36.7 Å². The molecule has 4 aromatic rings. The van der Waals surface area contributed by atoms with Gasteiger partial charge in [0.2, 0.25) is 0 Å². The van der Waals surface area contributed by atoms with Gasteiger partial charge in [0.15, 0.2) is 0 Å². The molecule has 186 valence electrons. The number of halogens is 1. The molecular formula is C30H24FNO4S. The van der Waals surface area contributed by atoms with Crippen LogP contribution in [0.3, 0.4) is 0 Å². The molecule has 1 heterocycles. The monoisotopic (exact) mass is 513 g/mol. The highest BCUT2D eigenvalue weighted by molar-refractivity contribution is 8.18. The van der Waals surface area contributed by atoms with Crippen LogP contribution in [0.4, 0.5) is 9.18 Å². The maximum Gasteiger partial charge on any atom is 0.293 e. The molecular weight excluding hydrogens is 489 g/mol. The van der Waals surface area contributed by atoms with Gasteiger partial charge < -0.3 is 9.47 Å². The van der Waals surface area contributed by atoms with Gasteiger partial charge >= 0.3 is 0 Å². The number of ether oxygens (including phenoxy) is 2. The summed E-state index contributed by atoms with van der Waals surface area (Å²) >= 11 is 0.887. The Morgan fingerprint density at radius 3 is 2.57 bits per heavy atom. The first-order chi connectivity index (χ1) is 18.0. The van der Waals surface area contributed by atoms with Gasteiger partial charge in [-0.25, -0.2) is 4.39 Å². The van der Waals surface area contributed by atoms with E-state index in [2.05, 4.69) is 0 Å². The number of carbonyl (C=O) groups is 2. The second-order valence-corrected chi connectivity index (χ2v) is 9.57. The molecule has 0 atom stereocenters. The van der Waals surface area contributed by atoms with Crippen LogP contribution < -0.4 is 9.47 Å². The van der Waals surface area contributed by atoms with E-state index in [0.29, 0.717) is 27.5 Å². The molecule has 5 rings (SSSR count). The zero-order valence-electron chi connectivity index (χ0n) is 20.1. The predicted octanol–water partition coefficient (Wildman–Crippen LogP) is 6.98. The third-order valence-corrected chi connectivity index (χ3v) is 6.90. The van der Waals surface area contributed by atoms with Crippen LogP contribution in [-0.2, 0) is 11.4 Å². The molecule has 1 aliphatic rings. The molecule has 1 saturated heterocycles. The SMILES string of the molecule is Cc1cccc(OCCN2C(=O)S/C(=C\c3c(OCc4ccccc4F)ccc4ccccc34)C2=O)c1. The molecule has 0 saturated carbocycles. The summed E-state index contributed by atoms with van der Waals surface area (Å²) in [6.45, 7) is 2.33. The van der Waals surface area contributed by atoms with Crippen molar-refractivity contribution in [3.05, 3.63) is 112 Å². The van der Waals surface area contributed by atoms with Crippen LogP contribution >= 0.6 is 11.8 Å². The van der Waals surface area contributed by atoms with Crippen molar-refractivity contribution in [1.29, 1.82) is 0 Å². The number of amides is 2. The summed E-state index contributed by atoms with van der Waals surface area (Å²) < 4.78 is 25.9. The van der Waals surface area contributed by atoms with Gasteiger partial charge in [-0.15, -0.1) is 0 Å². The second kappa shape index (κ2) is 10.9. The Labute approximate surface area is 218 Å². The van der Waals surface area contributed by atoms with Crippen molar-refractivity contribution >= 4 is 39.8 Å². The van der Waals surface area contributed by atoms with E-state index in [1.807, 2.05) is 61.5 Å². The third kappa shape index (κ3) is 5.52. The van der Waals surface area contributed by atoms with Gasteiger partial charge in [0, 0.05) is 11.1 Å². The van der Waals surface area contributed by atoms with Gasteiger partial charge in [-0.2, -0.15) is 0 Å². The van der Waals surface area contributed by atoms with Crippen LogP contribution in [0, 0.1) is 12.7 Å². The molecule has 1 aliphatic heterocycles. The molecule has 1 fully saturated rings. The molecule has 0 aromatic heterocycles. The normalized spacial score (nSPS) is 14.5.